The average molecular weight is 343 g/mol. The molecule has 0 atom stereocenters. The van der Waals surface area contributed by atoms with E-state index in [4.69, 9.17) is 16.3 Å². The molecule has 24 heavy (non-hydrogen) atoms. The number of phenolic OH excluding ortho intramolecular Hbond substituents is 1. The number of nitrogens with zero attached hydrogens (tertiary/aromatic N) is 1. The maximum atomic E-state index is 11.8. The zero-order valence-corrected chi connectivity index (χ0v) is 13.5. The molecule has 1 amide bonds. The highest BCUT2D eigenvalue weighted by molar-refractivity contribution is 6.35. The summed E-state index contributed by atoms with van der Waals surface area (Å²) in [5, 5.41) is 14.0. The van der Waals surface area contributed by atoms with E-state index in [0.717, 1.165) is 5.56 Å². The minimum atomic E-state index is -0.574. The number of phenols is 1. The fourth-order valence-corrected chi connectivity index (χ4v) is 2.60. The van der Waals surface area contributed by atoms with Crippen molar-refractivity contribution in [1.82, 2.24) is 10.3 Å². The largest absolute Gasteiger partial charge is 0.505 e. The summed E-state index contributed by atoms with van der Waals surface area (Å²) in [7, 11) is 0. The van der Waals surface area contributed by atoms with E-state index in [1.54, 1.807) is 24.4 Å². The van der Waals surface area contributed by atoms with Gasteiger partial charge in [-0.15, -0.1) is 0 Å². The number of hydrogen-bond donors (Lipinski definition) is 2. The van der Waals surface area contributed by atoms with Gasteiger partial charge in [-0.25, -0.2) is 4.79 Å². The first-order valence-electron chi connectivity index (χ1n) is 7.35. The molecule has 0 saturated heterocycles. The lowest BCUT2D eigenvalue weighted by Crippen LogP contribution is -2.23. The smallest absolute Gasteiger partial charge is 0.407 e. The number of fused-ring (bicyclic) bond motifs is 1. The van der Waals surface area contributed by atoms with Gasteiger partial charge < -0.3 is 15.2 Å². The average Bonchev–Trinajstić information content (AvgIpc) is 2.62. The minimum absolute atomic E-state index is 0.00152. The van der Waals surface area contributed by atoms with E-state index in [9.17, 15) is 9.90 Å². The summed E-state index contributed by atoms with van der Waals surface area (Å²) in [5.74, 6) is -0.00152. The molecule has 2 N–H and O–H groups in total. The molecule has 122 valence electrons. The van der Waals surface area contributed by atoms with Crippen LogP contribution in [0.2, 0.25) is 5.02 Å². The maximum Gasteiger partial charge on any atom is 0.407 e. The lowest BCUT2D eigenvalue weighted by atomic mass is 10.1. The molecule has 0 saturated carbocycles. The number of hydrogen-bond acceptors (Lipinski definition) is 4. The van der Waals surface area contributed by atoms with Crippen LogP contribution in [0.3, 0.4) is 0 Å². The second kappa shape index (κ2) is 7.19. The van der Waals surface area contributed by atoms with Crippen molar-refractivity contribution in [2.45, 2.75) is 13.2 Å². The van der Waals surface area contributed by atoms with Crippen LogP contribution in [0.5, 0.6) is 5.75 Å². The molecule has 0 aliphatic carbocycles. The van der Waals surface area contributed by atoms with Gasteiger partial charge in [0.25, 0.3) is 0 Å². The number of amides is 1. The molecule has 0 unspecified atom stereocenters. The van der Waals surface area contributed by atoms with Crippen molar-refractivity contribution in [3.63, 3.8) is 0 Å². The van der Waals surface area contributed by atoms with E-state index in [1.807, 2.05) is 30.3 Å². The highest BCUT2D eigenvalue weighted by Crippen LogP contribution is 2.32. The Morgan fingerprint density at radius 3 is 2.79 bits per heavy atom. The number of benzene rings is 2. The summed E-state index contributed by atoms with van der Waals surface area (Å²) in [6, 6.07) is 14.5. The fraction of sp³-hybridized carbons (Fsp3) is 0.111. The Bertz CT molecular complexity index is 869. The zero-order valence-electron chi connectivity index (χ0n) is 12.7. The van der Waals surface area contributed by atoms with E-state index >= 15 is 0 Å². The number of halogens is 1. The van der Waals surface area contributed by atoms with Crippen LogP contribution in [-0.2, 0) is 17.9 Å². The highest BCUT2D eigenvalue weighted by atomic mass is 35.5. The Kier molecular flexibility index (Phi) is 4.82. The molecule has 3 rings (SSSR count). The van der Waals surface area contributed by atoms with Crippen molar-refractivity contribution < 1.29 is 14.6 Å². The predicted octanol–water partition coefficient (Wildman–Crippen LogP) is 4.02. The van der Waals surface area contributed by atoms with E-state index in [0.29, 0.717) is 21.5 Å². The summed E-state index contributed by atoms with van der Waals surface area (Å²) in [6.45, 7) is 0.268. The standard InChI is InChI=1S/C18H15ClN2O3/c19-15-9-13(17(22)16-14(15)7-4-8-20-16)10-21-18(23)24-11-12-5-2-1-3-6-12/h1-9,22H,10-11H2,(H,21,23). The van der Waals surface area contributed by atoms with Crippen LogP contribution in [0.15, 0.2) is 54.7 Å². The van der Waals surface area contributed by atoms with Crippen molar-refractivity contribution in [2.75, 3.05) is 0 Å². The Labute approximate surface area is 143 Å². The normalized spacial score (nSPS) is 10.5. The van der Waals surface area contributed by atoms with E-state index in [-0.39, 0.29) is 18.9 Å². The van der Waals surface area contributed by atoms with Crippen LogP contribution in [0.4, 0.5) is 4.79 Å². The quantitative estimate of drug-likeness (QED) is 0.751. The first-order chi connectivity index (χ1) is 11.6. The summed E-state index contributed by atoms with van der Waals surface area (Å²) in [6.07, 6.45) is 1.000. The van der Waals surface area contributed by atoms with E-state index in [1.165, 1.54) is 0 Å². The summed E-state index contributed by atoms with van der Waals surface area (Å²) < 4.78 is 5.13. The molecule has 6 heteroatoms. The Morgan fingerprint density at radius 2 is 2.00 bits per heavy atom. The van der Waals surface area contributed by atoms with Crippen LogP contribution in [0, 0.1) is 0 Å². The Morgan fingerprint density at radius 1 is 1.21 bits per heavy atom. The molecule has 0 aliphatic heterocycles. The molecule has 1 heterocycles. The van der Waals surface area contributed by atoms with Gasteiger partial charge >= 0.3 is 6.09 Å². The fourth-order valence-electron chi connectivity index (χ4n) is 2.31. The van der Waals surface area contributed by atoms with Crippen LogP contribution < -0.4 is 5.32 Å². The lowest BCUT2D eigenvalue weighted by Gasteiger charge is -2.11. The molecule has 0 bridgehead atoms. The zero-order chi connectivity index (χ0) is 16.9. The minimum Gasteiger partial charge on any atom is -0.505 e. The molecule has 5 nitrogen and oxygen atoms in total. The topological polar surface area (TPSA) is 71.5 Å². The van der Waals surface area contributed by atoms with Crippen LogP contribution >= 0.6 is 11.6 Å². The van der Waals surface area contributed by atoms with Gasteiger partial charge in [0.15, 0.2) is 0 Å². The first kappa shape index (κ1) is 16.1. The van der Waals surface area contributed by atoms with Gasteiger partial charge in [-0.05, 0) is 23.8 Å². The number of nitrogens with one attached hydrogen (secondary N) is 1. The Balaban J connectivity index is 1.65. The van der Waals surface area contributed by atoms with Crippen molar-refractivity contribution in [3.8, 4) is 5.75 Å². The van der Waals surface area contributed by atoms with Gasteiger partial charge in [0.1, 0.15) is 17.9 Å². The molecular formula is C18H15ClN2O3. The van der Waals surface area contributed by atoms with E-state index < -0.39 is 6.09 Å². The first-order valence-corrected chi connectivity index (χ1v) is 7.72. The summed E-state index contributed by atoms with van der Waals surface area (Å²) >= 11 is 6.20. The molecule has 3 aromatic rings. The van der Waals surface area contributed by atoms with Gasteiger partial charge in [0, 0.05) is 23.7 Å². The van der Waals surface area contributed by atoms with Gasteiger partial charge in [-0.1, -0.05) is 41.9 Å². The van der Waals surface area contributed by atoms with Crippen molar-refractivity contribution in [1.29, 1.82) is 0 Å². The van der Waals surface area contributed by atoms with Gasteiger partial charge in [-0.3, -0.25) is 4.98 Å². The van der Waals surface area contributed by atoms with Crippen molar-refractivity contribution in [2.24, 2.45) is 0 Å². The predicted molar refractivity (Wildman–Crippen MR) is 91.9 cm³/mol. The molecule has 0 aliphatic rings. The number of carbonyl (C=O) groups is 1. The molecule has 0 fully saturated rings. The second-order valence-corrected chi connectivity index (χ2v) is 5.59. The van der Waals surface area contributed by atoms with Crippen LogP contribution in [0.25, 0.3) is 10.9 Å². The van der Waals surface area contributed by atoms with Gasteiger partial charge in [0.2, 0.25) is 0 Å². The van der Waals surface area contributed by atoms with Gasteiger partial charge in [-0.2, -0.15) is 0 Å². The molecule has 1 aromatic heterocycles. The number of aromatic nitrogens is 1. The molecule has 2 aromatic carbocycles. The number of rotatable bonds is 4. The number of aromatic hydroxyl groups is 1. The number of pyridine rings is 1. The molecular weight excluding hydrogens is 328 g/mol. The molecule has 0 radical (unpaired) electrons. The third-order valence-corrected chi connectivity index (χ3v) is 3.84. The van der Waals surface area contributed by atoms with Crippen molar-refractivity contribution >= 4 is 28.6 Å². The third kappa shape index (κ3) is 3.58. The summed E-state index contributed by atoms with van der Waals surface area (Å²) in [5.41, 5.74) is 1.77. The third-order valence-electron chi connectivity index (χ3n) is 3.53. The van der Waals surface area contributed by atoms with Gasteiger partial charge in [0.05, 0.1) is 5.02 Å². The van der Waals surface area contributed by atoms with Crippen molar-refractivity contribution in [3.05, 3.63) is 70.9 Å². The highest BCUT2D eigenvalue weighted by Gasteiger charge is 2.12. The van der Waals surface area contributed by atoms with E-state index in [2.05, 4.69) is 10.3 Å². The number of carbonyl (C=O) groups excluding carboxylic acids is 1. The summed E-state index contributed by atoms with van der Waals surface area (Å²) in [4.78, 5) is 15.9. The lowest BCUT2D eigenvalue weighted by molar-refractivity contribution is 0.139. The van der Waals surface area contributed by atoms with Crippen LogP contribution in [-0.4, -0.2) is 16.2 Å². The number of ether oxygens (including phenoxy) is 1. The number of alkyl carbamates (subject to hydrolysis) is 1. The molecule has 0 spiro atoms. The maximum absolute atomic E-state index is 11.8. The van der Waals surface area contributed by atoms with Crippen LogP contribution in [0.1, 0.15) is 11.1 Å². The monoisotopic (exact) mass is 342 g/mol. The second-order valence-electron chi connectivity index (χ2n) is 5.18. The Hall–Kier alpha value is -2.79. The SMILES string of the molecule is O=C(NCc1cc(Cl)c2cccnc2c1O)OCc1ccccc1.